The van der Waals surface area contributed by atoms with Gasteiger partial charge < -0.3 is 19.5 Å². The maximum Gasteiger partial charge on any atom is 0.410 e. The number of piperidine rings is 1. The van der Waals surface area contributed by atoms with Crippen LogP contribution in [-0.2, 0) is 11.8 Å². The maximum absolute atomic E-state index is 12.7. The second kappa shape index (κ2) is 10.8. The summed E-state index contributed by atoms with van der Waals surface area (Å²) in [6, 6.07) is 16.6. The molecule has 1 unspecified atom stereocenters. The number of aryl methyl sites for hydroxylation is 1. The highest BCUT2D eigenvalue weighted by Gasteiger charge is 2.32. The number of hydrogen-bond donors (Lipinski definition) is 1. The van der Waals surface area contributed by atoms with E-state index in [2.05, 4.69) is 68.6 Å². The van der Waals surface area contributed by atoms with Crippen molar-refractivity contribution in [2.75, 3.05) is 18.4 Å². The number of carbonyl (C=O) groups is 1. The predicted molar refractivity (Wildman–Crippen MR) is 160 cm³/mol. The van der Waals surface area contributed by atoms with Gasteiger partial charge in [-0.05, 0) is 86.9 Å². The van der Waals surface area contributed by atoms with Crippen molar-refractivity contribution in [3.63, 3.8) is 0 Å². The first kappa shape index (κ1) is 26.7. The molecule has 1 amide bonds. The van der Waals surface area contributed by atoms with Crippen molar-refractivity contribution < 1.29 is 9.53 Å². The van der Waals surface area contributed by atoms with Crippen molar-refractivity contribution in [2.45, 2.75) is 45.3 Å². The van der Waals surface area contributed by atoms with Crippen molar-refractivity contribution in [2.24, 2.45) is 13.0 Å². The molecule has 0 spiro atoms. The normalized spacial score (nSPS) is 15.3. The van der Waals surface area contributed by atoms with Gasteiger partial charge in [-0.15, -0.1) is 0 Å². The summed E-state index contributed by atoms with van der Waals surface area (Å²) in [4.78, 5) is 23.8. The van der Waals surface area contributed by atoms with Crippen LogP contribution in [0.5, 0.6) is 0 Å². The molecule has 9 nitrogen and oxygen atoms in total. The Balaban J connectivity index is 1.33. The van der Waals surface area contributed by atoms with Crippen molar-refractivity contribution in [3.8, 4) is 11.1 Å². The minimum atomic E-state index is -0.515. The Morgan fingerprint density at radius 2 is 1.83 bits per heavy atom. The van der Waals surface area contributed by atoms with Crippen LogP contribution in [0.1, 0.15) is 45.3 Å². The first-order chi connectivity index (χ1) is 19.7. The molecule has 1 aliphatic rings. The van der Waals surface area contributed by atoms with Gasteiger partial charge in [0, 0.05) is 61.7 Å². The van der Waals surface area contributed by atoms with Crippen LogP contribution in [0.25, 0.3) is 33.1 Å². The lowest BCUT2D eigenvalue weighted by atomic mass is 9.87. The number of carbonyl (C=O) groups excluding carboxylic acids is 1. The molecular formula is C32H35N7O2. The molecular weight excluding hydrogens is 514 g/mol. The van der Waals surface area contributed by atoms with E-state index in [1.807, 2.05) is 39.0 Å². The van der Waals surface area contributed by atoms with Crippen LogP contribution in [0, 0.1) is 5.92 Å². The van der Waals surface area contributed by atoms with Crippen molar-refractivity contribution in [3.05, 3.63) is 79.0 Å². The molecule has 9 heteroatoms. The van der Waals surface area contributed by atoms with E-state index in [4.69, 9.17) is 9.72 Å². The van der Waals surface area contributed by atoms with Crippen LogP contribution in [0.15, 0.2) is 73.3 Å². The molecule has 210 valence electrons. The second-order valence-electron chi connectivity index (χ2n) is 11.7. The molecule has 3 aromatic heterocycles. The number of hydrogen-bond acceptors (Lipinski definition) is 7. The Morgan fingerprint density at radius 3 is 2.59 bits per heavy atom. The Labute approximate surface area is 239 Å². The van der Waals surface area contributed by atoms with Gasteiger partial charge in [0.15, 0.2) is 0 Å². The van der Waals surface area contributed by atoms with Gasteiger partial charge >= 0.3 is 6.09 Å². The molecule has 0 bridgehead atoms. The van der Waals surface area contributed by atoms with Crippen molar-refractivity contribution in [1.82, 2.24) is 29.6 Å². The predicted octanol–water partition coefficient (Wildman–Crippen LogP) is 6.38. The van der Waals surface area contributed by atoms with Gasteiger partial charge in [0.2, 0.25) is 0 Å². The monoisotopic (exact) mass is 549 g/mol. The molecule has 1 saturated heterocycles. The van der Waals surface area contributed by atoms with Crippen LogP contribution < -0.4 is 5.32 Å². The Hall–Kier alpha value is -4.53. The highest BCUT2D eigenvalue weighted by atomic mass is 16.6. The minimum absolute atomic E-state index is 0.0955. The van der Waals surface area contributed by atoms with E-state index in [0.717, 1.165) is 51.9 Å². The molecule has 4 heterocycles. The Morgan fingerprint density at radius 1 is 1.02 bits per heavy atom. The fourth-order valence-electron chi connectivity index (χ4n) is 5.64. The van der Waals surface area contributed by atoms with Gasteiger partial charge in [-0.1, -0.05) is 12.1 Å². The van der Waals surface area contributed by atoms with Crippen LogP contribution in [0.2, 0.25) is 0 Å². The van der Waals surface area contributed by atoms with Crippen LogP contribution in [0.3, 0.4) is 0 Å². The standard InChI is InChI=1S/C32H35N7O2/c1-32(2,3)41-31(40)39-16-10-22(11-17-39)29(26-6-5-12-35-37-26)36-24-19-25(30-27(20-24)33-13-14-34-30)23-8-7-21-9-15-38(4)28(21)18-23/h5-9,12-15,18-20,22,29,36H,10-11,16-17H2,1-4H3. The summed E-state index contributed by atoms with van der Waals surface area (Å²) < 4.78 is 7.74. The number of likely N-dealkylation sites (tertiary alicyclic amines) is 1. The quantitative estimate of drug-likeness (QED) is 0.272. The number of benzene rings is 2. The van der Waals surface area contributed by atoms with E-state index in [9.17, 15) is 4.79 Å². The third-order valence-corrected chi connectivity index (χ3v) is 7.67. The SMILES string of the molecule is Cn1ccc2ccc(-c3cc(NC(c4cccnn4)C4CCN(C(=O)OC(C)(C)C)CC4)cc4nccnc34)cc21. The summed E-state index contributed by atoms with van der Waals surface area (Å²) in [7, 11) is 2.06. The topological polar surface area (TPSA) is 98.1 Å². The first-order valence-corrected chi connectivity index (χ1v) is 14.1. The number of aromatic nitrogens is 5. The summed E-state index contributed by atoms with van der Waals surface area (Å²) in [5.41, 5.74) is 6.21. The number of nitrogens with one attached hydrogen (secondary N) is 1. The lowest BCUT2D eigenvalue weighted by Crippen LogP contribution is -2.43. The maximum atomic E-state index is 12.7. The summed E-state index contributed by atoms with van der Waals surface area (Å²) in [6.45, 7) is 6.94. The number of amides is 1. The Bertz CT molecular complexity index is 1690. The van der Waals surface area contributed by atoms with Gasteiger partial charge in [0.1, 0.15) is 5.60 Å². The van der Waals surface area contributed by atoms with Crippen LogP contribution in [-0.4, -0.2) is 54.4 Å². The molecule has 1 N–H and O–H groups in total. The zero-order valence-corrected chi connectivity index (χ0v) is 23.9. The molecule has 6 rings (SSSR count). The highest BCUT2D eigenvalue weighted by molar-refractivity contribution is 5.97. The van der Waals surface area contributed by atoms with Gasteiger partial charge in [-0.2, -0.15) is 10.2 Å². The smallest absolute Gasteiger partial charge is 0.410 e. The summed E-state index contributed by atoms with van der Waals surface area (Å²) >= 11 is 0. The number of fused-ring (bicyclic) bond motifs is 2. The average Bonchev–Trinajstić information content (AvgIpc) is 3.35. The fourth-order valence-corrected chi connectivity index (χ4v) is 5.64. The lowest BCUT2D eigenvalue weighted by Gasteiger charge is -2.37. The summed E-state index contributed by atoms with van der Waals surface area (Å²) in [5.74, 6) is 0.242. The molecule has 0 aliphatic carbocycles. The molecule has 0 saturated carbocycles. The van der Waals surface area contributed by atoms with Crippen LogP contribution in [0.4, 0.5) is 10.5 Å². The van der Waals surface area contributed by atoms with E-state index in [1.54, 1.807) is 23.5 Å². The van der Waals surface area contributed by atoms with E-state index >= 15 is 0 Å². The zero-order valence-electron chi connectivity index (χ0n) is 23.9. The van der Waals surface area contributed by atoms with Crippen molar-refractivity contribution >= 4 is 33.7 Å². The highest BCUT2D eigenvalue weighted by Crippen LogP contribution is 2.37. The largest absolute Gasteiger partial charge is 0.444 e. The molecule has 0 radical (unpaired) electrons. The third-order valence-electron chi connectivity index (χ3n) is 7.67. The minimum Gasteiger partial charge on any atom is -0.444 e. The molecule has 41 heavy (non-hydrogen) atoms. The molecule has 5 aromatic rings. The van der Waals surface area contributed by atoms with E-state index in [1.165, 1.54) is 5.39 Å². The van der Waals surface area contributed by atoms with E-state index < -0.39 is 5.60 Å². The van der Waals surface area contributed by atoms with Crippen LogP contribution >= 0.6 is 0 Å². The van der Waals surface area contributed by atoms with E-state index in [0.29, 0.717) is 13.1 Å². The van der Waals surface area contributed by atoms with Gasteiger partial charge in [-0.25, -0.2) is 4.79 Å². The third kappa shape index (κ3) is 5.70. The lowest BCUT2D eigenvalue weighted by molar-refractivity contribution is 0.0176. The number of nitrogens with zero attached hydrogens (tertiary/aromatic N) is 6. The zero-order chi connectivity index (χ0) is 28.6. The second-order valence-corrected chi connectivity index (χ2v) is 11.7. The first-order valence-electron chi connectivity index (χ1n) is 14.1. The molecule has 1 aliphatic heterocycles. The van der Waals surface area contributed by atoms with Gasteiger partial charge in [0.25, 0.3) is 0 Å². The molecule has 1 atom stereocenters. The van der Waals surface area contributed by atoms with Gasteiger partial charge in [-0.3, -0.25) is 9.97 Å². The number of rotatable bonds is 5. The fraction of sp³-hybridized carbons (Fsp3) is 0.344. The van der Waals surface area contributed by atoms with E-state index in [-0.39, 0.29) is 18.1 Å². The number of ether oxygens (including phenoxy) is 1. The van der Waals surface area contributed by atoms with Crippen molar-refractivity contribution in [1.29, 1.82) is 0 Å². The molecule has 2 aromatic carbocycles. The summed E-state index contributed by atoms with van der Waals surface area (Å²) in [6.07, 6.45) is 8.60. The Kier molecular flexibility index (Phi) is 7.03. The summed E-state index contributed by atoms with van der Waals surface area (Å²) in [5, 5.41) is 13.6. The number of anilines is 1. The average molecular weight is 550 g/mol. The molecule has 1 fully saturated rings. The van der Waals surface area contributed by atoms with Gasteiger partial charge in [0.05, 0.1) is 22.8 Å².